The summed E-state index contributed by atoms with van der Waals surface area (Å²) >= 11 is 0. The summed E-state index contributed by atoms with van der Waals surface area (Å²) in [6, 6.07) is 0. The van der Waals surface area contributed by atoms with Gasteiger partial charge in [0, 0.05) is 26.2 Å². The fraction of sp³-hybridized carbons (Fsp3) is 0.417. The van der Waals surface area contributed by atoms with Crippen molar-refractivity contribution in [3.63, 3.8) is 0 Å². The second-order valence-electron chi connectivity index (χ2n) is 3.75. The molecular weight excluding hydrogens is 220 g/mol. The summed E-state index contributed by atoms with van der Waals surface area (Å²) in [5, 5.41) is 0. The molecule has 0 aliphatic carbocycles. The summed E-state index contributed by atoms with van der Waals surface area (Å²) in [6.45, 7) is 1.70. The van der Waals surface area contributed by atoms with Crippen LogP contribution >= 0.6 is 0 Å². The number of terminal acetylenes is 1. The van der Waals surface area contributed by atoms with Gasteiger partial charge in [0.25, 0.3) is 5.56 Å². The summed E-state index contributed by atoms with van der Waals surface area (Å²) in [4.78, 5) is 34.6. The van der Waals surface area contributed by atoms with E-state index in [0.717, 1.165) is 4.57 Å². The predicted molar refractivity (Wildman–Crippen MR) is 64.0 cm³/mol. The lowest BCUT2D eigenvalue weighted by molar-refractivity contribution is 0.101. The number of hydrogen-bond donors (Lipinski definition) is 0. The Balaban J connectivity index is 3.24. The van der Waals surface area contributed by atoms with Crippen molar-refractivity contribution in [2.45, 2.75) is 26.3 Å². The first-order valence-corrected chi connectivity index (χ1v) is 5.24. The van der Waals surface area contributed by atoms with Gasteiger partial charge in [0.1, 0.15) is 0 Å². The summed E-state index contributed by atoms with van der Waals surface area (Å²) < 4.78 is 2.28. The molecule has 5 nitrogen and oxygen atoms in total. The van der Waals surface area contributed by atoms with Gasteiger partial charge in [0.2, 0.25) is 0 Å². The van der Waals surface area contributed by atoms with Gasteiger partial charge in [-0.2, -0.15) is 0 Å². The highest BCUT2D eigenvalue weighted by atomic mass is 16.2. The van der Waals surface area contributed by atoms with Crippen LogP contribution in [0.2, 0.25) is 0 Å². The SMILES string of the molecule is C#CCCCn1cc(C(C)=O)c(=O)n(C)c1=O. The topological polar surface area (TPSA) is 61.1 Å². The van der Waals surface area contributed by atoms with Crippen molar-refractivity contribution in [1.29, 1.82) is 0 Å². The van der Waals surface area contributed by atoms with Crippen LogP contribution in [0.15, 0.2) is 15.8 Å². The van der Waals surface area contributed by atoms with Crippen molar-refractivity contribution >= 4 is 5.78 Å². The van der Waals surface area contributed by atoms with Gasteiger partial charge in [-0.15, -0.1) is 12.3 Å². The van der Waals surface area contributed by atoms with Gasteiger partial charge in [-0.3, -0.25) is 18.7 Å². The van der Waals surface area contributed by atoms with Gasteiger partial charge in [0.05, 0.1) is 5.56 Å². The van der Waals surface area contributed by atoms with E-state index in [0.29, 0.717) is 19.4 Å². The molecule has 1 rings (SSSR count). The summed E-state index contributed by atoms with van der Waals surface area (Å²) in [5.74, 6) is 2.12. The number of unbranched alkanes of at least 4 members (excludes halogenated alkanes) is 1. The number of carbonyl (C=O) groups is 1. The van der Waals surface area contributed by atoms with Gasteiger partial charge in [-0.25, -0.2) is 4.79 Å². The van der Waals surface area contributed by atoms with Crippen LogP contribution in [0.3, 0.4) is 0 Å². The molecule has 0 fully saturated rings. The molecule has 90 valence electrons. The zero-order valence-corrected chi connectivity index (χ0v) is 9.90. The Kier molecular flexibility index (Phi) is 4.05. The van der Waals surface area contributed by atoms with Crippen LogP contribution in [0, 0.1) is 12.3 Å². The number of rotatable bonds is 4. The van der Waals surface area contributed by atoms with Crippen molar-refractivity contribution in [2.24, 2.45) is 7.05 Å². The summed E-state index contributed by atoms with van der Waals surface area (Å²) in [7, 11) is 1.36. The molecular formula is C12H14N2O3. The van der Waals surface area contributed by atoms with E-state index in [2.05, 4.69) is 5.92 Å². The lowest BCUT2D eigenvalue weighted by atomic mass is 10.2. The Morgan fingerprint density at radius 3 is 2.65 bits per heavy atom. The molecule has 0 unspecified atom stereocenters. The minimum atomic E-state index is -0.560. The van der Waals surface area contributed by atoms with Gasteiger partial charge in [-0.05, 0) is 13.3 Å². The quantitative estimate of drug-likeness (QED) is 0.423. The van der Waals surface area contributed by atoms with Crippen molar-refractivity contribution in [2.75, 3.05) is 0 Å². The second-order valence-corrected chi connectivity index (χ2v) is 3.75. The zero-order valence-electron chi connectivity index (χ0n) is 9.90. The number of hydrogen-bond acceptors (Lipinski definition) is 3. The fourth-order valence-corrected chi connectivity index (χ4v) is 1.48. The van der Waals surface area contributed by atoms with E-state index in [1.165, 1.54) is 24.7 Å². The molecule has 0 atom stereocenters. The van der Waals surface area contributed by atoms with Crippen LogP contribution in [0.25, 0.3) is 0 Å². The normalized spacial score (nSPS) is 9.94. The standard InChI is InChI=1S/C12H14N2O3/c1-4-5-6-7-14-8-10(9(2)15)11(16)13(3)12(14)17/h1,8H,5-7H2,2-3H3. The van der Waals surface area contributed by atoms with Crippen LogP contribution in [0.5, 0.6) is 0 Å². The van der Waals surface area contributed by atoms with Crippen LogP contribution < -0.4 is 11.2 Å². The minimum Gasteiger partial charge on any atom is -0.300 e. The highest BCUT2D eigenvalue weighted by Gasteiger charge is 2.11. The van der Waals surface area contributed by atoms with Gasteiger partial charge >= 0.3 is 5.69 Å². The van der Waals surface area contributed by atoms with Crippen molar-refractivity contribution < 1.29 is 4.79 Å². The maximum Gasteiger partial charge on any atom is 0.330 e. The number of carbonyl (C=O) groups excluding carboxylic acids is 1. The van der Waals surface area contributed by atoms with Gasteiger partial charge in [-0.1, -0.05) is 0 Å². The molecule has 1 aromatic heterocycles. The Hall–Kier alpha value is -2.09. The Bertz CT molecular complexity index is 587. The number of nitrogens with zero attached hydrogens (tertiary/aromatic N) is 2. The number of aromatic nitrogens is 2. The van der Waals surface area contributed by atoms with Crippen molar-refractivity contribution in [3.05, 3.63) is 32.6 Å². The predicted octanol–water partition coefficient (Wildman–Crippen LogP) is 0.163. The first kappa shape index (κ1) is 13.0. The average Bonchev–Trinajstić information content (AvgIpc) is 2.29. The third-order valence-electron chi connectivity index (χ3n) is 2.45. The Labute approximate surface area is 98.7 Å². The molecule has 5 heteroatoms. The van der Waals surface area contributed by atoms with E-state index in [-0.39, 0.29) is 11.3 Å². The third kappa shape index (κ3) is 2.72. The number of Topliss-reactive ketones (excluding diaryl/α,β-unsaturated/α-hetero) is 1. The van der Waals surface area contributed by atoms with E-state index < -0.39 is 11.2 Å². The molecule has 1 heterocycles. The molecule has 0 aliphatic heterocycles. The summed E-state index contributed by atoms with van der Waals surface area (Å²) in [6.07, 6.45) is 7.60. The van der Waals surface area contributed by atoms with E-state index in [1.807, 2.05) is 0 Å². The molecule has 0 radical (unpaired) electrons. The molecule has 0 saturated heterocycles. The monoisotopic (exact) mass is 234 g/mol. The first-order valence-electron chi connectivity index (χ1n) is 5.24. The number of aryl methyl sites for hydroxylation is 1. The van der Waals surface area contributed by atoms with E-state index in [9.17, 15) is 14.4 Å². The van der Waals surface area contributed by atoms with E-state index in [4.69, 9.17) is 6.42 Å². The highest BCUT2D eigenvalue weighted by Crippen LogP contribution is 1.94. The van der Waals surface area contributed by atoms with E-state index >= 15 is 0 Å². The van der Waals surface area contributed by atoms with Crippen LogP contribution in [-0.4, -0.2) is 14.9 Å². The van der Waals surface area contributed by atoms with Gasteiger partial charge < -0.3 is 0 Å². The molecule has 1 aromatic rings. The van der Waals surface area contributed by atoms with Crippen molar-refractivity contribution in [1.82, 2.24) is 9.13 Å². The summed E-state index contributed by atoms with van der Waals surface area (Å²) in [5.41, 5.74) is -0.972. The molecule has 0 spiro atoms. The molecule has 0 amide bonds. The molecule has 0 bridgehead atoms. The van der Waals surface area contributed by atoms with Crippen molar-refractivity contribution in [3.8, 4) is 12.3 Å². The maximum atomic E-state index is 11.7. The molecule has 17 heavy (non-hydrogen) atoms. The Morgan fingerprint density at radius 1 is 1.47 bits per heavy atom. The lowest BCUT2D eigenvalue weighted by Gasteiger charge is -2.08. The molecule has 0 N–H and O–H groups in total. The number of ketones is 1. The van der Waals surface area contributed by atoms with Crippen LogP contribution in [0.4, 0.5) is 0 Å². The van der Waals surface area contributed by atoms with Crippen LogP contribution in [0.1, 0.15) is 30.1 Å². The third-order valence-corrected chi connectivity index (χ3v) is 2.45. The lowest BCUT2D eigenvalue weighted by Crippen LogP contribution is -2.40. The van der Waals surface area contributed by atoms with E-state index in [1.54, 1.807) is 0 Å². The second kappa shape index (κ2) is 5.30. The van der Waals surface area contributed by atoms with Gasteiger partial charge in [0.15, 0.2) is 5.78 Å². The largest absolute Gasteiger partial charge is 0.330 e. The smallest absolute Gasteiger partial charge is 0.300 e. The maximum absolute atomic E-state index is 11.7. The Morgan fingerprint density at radius 2 is 2.12 bits per heavy atom. The zero-order chi connectivity index (χ0) is 13.0. The fourth-order valence-electron chi connectivity index (χ4n) is 1.48. The average molecular weight is 234 g/mol. The molecule has 0 saturated carbocycles. The minimum absolute atomic E-state index is 0.0211. The first-order chi connectivity index (χ1) is 7.99. The molecule has 0 aliphatic rings. The molecule has 0 aromatic carbocycles. The highest BCUT2D eigenvalue weighted by molar-refractivity contribution is 5.93. The van der Waals surface area contributed by atoms with Crippen LogP contribution in [-0.2, 0) is 13.6 Å².